The molecule has 284 valence electrons. The van der Waals surface area contributed by atoms with Crippen LogP contribution in [0.25, 0.3) is 22.5 Å². The highest BCUT2D eigenvalue weighted by molar-refractivity contribution is 5.71. The first-order valence-electron chi connectivity index (χ1n) is 17.4. The Hall–Kier alpha value is -4.38. The van der Waals surface area contributed by atoms with Crippen LogP contribution in [0.1, 0.15) is 84.4 Å². The second kappa shape index (κ2) is 15.2. The van der Waals surface area contributed by atoms with Crippen molar-refractivity contribution >= 4 is 0 Å². The number of rotatable bonds is 8. The van der Waals surface area contributed by atoms with Gasteiger partial charge in [0.15, 0.2) is 0 Å². The fourth-order valence-electron chi connectivity index (χ4n) is 7.34. The molecule has 2 aromatic carbocycles. The average Bonchev–Trinajstić information content (AvgIpc) is 3.11. The maximum Gasteiger partial charge on any atom is 0.416 e. The van der Waals surface area contributed by atoms with Crippen molar-refractivity contribution in [3.63, 3.8) is 0 Å². The van der Waals surface area contributed by atoms with E-state index in [2.05, 4.69) is 30.6 Å². The summed E-state index contributed by atoms with van der Waals surface area (Å²) in [5, 5.41) is 64.2. The maximum absolute atomic E-state index is 13.4. The molecule has 10 nitrogen and oxygen atoms in total. The first-order chi connectivity index (χ1) is 25.0. The number of piperidine rings is 2. The van der Waals surface area contributed by atoms with Crippen LogP contribution in [0.3, 0.4) is 0 Å². The molecule has 2 aliphatic rings. The normalized spacial score (nSPS) is 21.4. The molecule has 4 aromatic rings. The molecule has 2 aliphatic heterocycles. The van der Waals surface area contributed by atoms with E-state index in [4.69, 9.17) is 0 Å². The van der Waals surface area contributed by atoms with Crippen molar-refractivity contribution in [3.05, 3.63) is 82.2 Å². The number of aromatic nitrogens is 4. The molecule has 0 spiro atoms. The molecule has 0 bridgehead atoms. The van der Waals surface area contributed by atoms with Crippen LogP contribution < -0.4 is 5.32 Å². The highest BCUT2D eigenvalue weighted by atomic mass is 19.4. The number of phenolic OH excluding ortho intramolecular Hbond substituents is 2. The lowest BCUT2D eigenvalue weighted by atomic mass is 9.88. The lowest BCUT2D eigenvalue weighted by Gasteiger charge is -2.36. The summed E-state index contributed by atoms with van der Waals surface area (Å²) in [5.41, 5.74) is -0.0978. The minimum atomic E-state index is -4.67. The first-order valence-corrected chi connectivity index (χ1v) is 17.4. The molecule has 5 N–H and O–H groups in total. The molecule has 0 radical (unpaired) electrons. The summed E-state index contributed by atoms with van der Waals surface area (Å²) in [6.07, 6.45) is -6.58. The minimum absolute atomic E-state index is 0.0497. The third kappa shape index (κ3) is 8.40. The summed E-state index contributed by atoms with van der Waals surface area (Å²) in [5.74, 6) is -1.24. The standard InChI is InChI=1S/C37H40F6N6O4/c1-19-14-27(45-47-32(19)24-11-9-21(17-30(24)50)36(38,39)40)34(52)26-7-5-6-23(44-26)15-20-16-28(35(53)29-8-3-4-13-49(29)2)46-48-33(20)25-12-10-22(18-31(25)51)37(41,42)43/h9-12,14,16-18,23,26,29,34-35,44,50-53H,3-8,13,15H2,1-2H3. The first kappa shape index (κ1) is 38.3. The van der Waals surface area contributed by atoms with Gasteiger partial charge in [0.2, 0.25) is 0 Å². The van der Waals surface area contributed by atoms with Crippen LogP contribution in [0.15, 0.2) is 48.5 Å². The molecule has 5 atom stereocenters. The highest BCUT2D eigenvalue weighted by Crippen LogP contribution is 2.40. The number of benzene rings is 2. The maximum atomic E-state index is 13.4. The zero-order valence-electron chi connectivity index (χ0n) is 29.0. The molecule has 5 unspecified atom stereocenters. The van der Waals surface area contributed by atoms with E-state index in [0.29, 0.717) is 48.2 Å². The quantitative estimate of drug-likeness (QED) is 0.124. The van der Waals surface area contributed by atoms with Gasteiger partial charge in [0.05, 0.1) is 33.9 Å². The molecule has 53 heavy (non-hydrogen) atoms. The molecular weight excluding hydrogens is 706 g/mol. The Balaban J connectivity index is 1.25. The van der Waals surface area contributed by atoms with E-state index in [0.717, 1.165) is 50.1 Å². The number of hydrogen-bond acceptors (Lipinski definition) is 10. The van der Waals surface area contributed by atoms with E-state index in [-0.39, 0.29) is 46.7 Å². The predicted octanol–water partition coefficient (Wildman–Crippen LogP) is 6.66. The summed E-state index contributed by atoms with van der Waals surface area (Å²) in [4.78, 5) is 2.06. The summed E-state index contributed by atoms with van der Waals surface area (Å²) < 4.78 is 79.5. The van der Waals surface area contributed by atoms with Gasteiger partial charge >= 0.3 is 12.4 Å². The van der Waals surface area contributed by atoms with Crippen molar-refractivity contribution in [2.24, 2.45) is 0 Å². The monoisotopic (exact) mass is 746 g/mol. The van der Waals surface area contributed by atoms with E-state index in [9.17, 15) is 46.8 Å². The highest BCUT2D eigenvalue weighted by Gasteiger charge is 2.35. The molecule has 2 fully saturated rings. The lowest BCUT2D eigenvalue weighted by Crippen LogP contribution is -2.46. The Morgan fingerprint density at radius 1 is 0.736 bits per heavy atom. The van der Waals surface area contributed by atoms with Crippen LogP contribution in [0.5, 0.6) is 11.5 Å². The number of likely N-dealkylation sites (N-methyl/N-ethyl adjacent to an activating group) is 1. The second-order valence-corrected chi connectivity index (χ2v) is 13.9. The number of hydrogen-bond donors (Lipinski definition) is 5. The number of aliphatic hydroxyl groups is 2. The van der Waals surface area contributed by atoms with Gasteiger partial charge in [-0.25, -0.2) is 0 Å². The smallest absolute Gasteiger partial charge is 0.416 e. The van der Waals surface area contributed by atoms with Crippen molar-refractivity contribution in [3.8, 4) is 34.0 Å². The number of likely N-dealkylation sites (tertiary alicyclic amines) is 1. The van der Waals surface area contributed by atoms with Gasteiger partial charge < -0.3 is 30.6 Å². The summed E-state index contributed by atoms with van der Waals surface area (Å²) in [6.45, 7) is 2.44. The topological polar surface area (TPSA) is 148 Å². The fraction of sp³-hybridized carbons (Fsp3) is 0.459. The number of alkyl halides is 6. The van der Waals surface area contributed by atoms with Crippen LogP contribution in [0, 0.1) is 6.92 Å². The molecule has 16 heteroatoms. The Kier molecular flexibility index (Phi) is 11.0. The number of nitrogens with zero attached hydrogens (tertiary/aromatic N) is 5. The van der Waals surface area contributed by atoms with E-state index in [1.165, 1.54) is 0 Å². The second-order valence-electron chi connectivity index (χ2n) is 13.9. The number of aromatic hydroxyl groups is 2. The van der Waals surface area contributed by atoms with Gasteiger partial charge in [0.1, 0.15) is 23.7 Å². The van der Waals surface area contributed by atoms with Gasteiger partial charge in [0, 0.05) is 29.3 Å². The fourth-order valence-corrected chi connectivity index (χ4v) is 7.34. The van der Waals surface area contributed by atoms with E-state index >= 15 is 0 Å². The zero-order chi connectivity index (χ0) is 38.2. The molecule has 0 saturated carbocycles. The van der Waals surface area contributed by atoms with Crippen LogP contribution in [-0.2, 0) is 18.8 Å². The Labute approximate surface area is 301 Å². The Morgan fingerprint density at radius 3 is 1.89 bits per heavy atom. The van der Waals surface area contributed by atoms with E-state index < -0.39 is 53.2 Å². The van der Waals surface area contributed by atoms with Crippen molar-refractivity contribution in [2.75, 3.05) is 13.6 Å². The van der Waals surface area contributed by atoms with E-state index in [1.54, 1.807) is 19.1 Å². The third-order valence-electron chi connectivity index (χ3n) is 10.2. The van der Waals surface area contributed by atoms with Gasteiger partial charge in [-0.1, -0.05) is 12.8 Å². The number of aliphatic hydroxyl groups excluding tert-OH is 2. The molecular formula is C37H40F6N6O4. The zero-order valence-corrected chi connectivity index (χ0v) is 29.0. The molecule has 6 rings (SSSR count). The SMILES string of the molecule is Cc1cc(C(O)C2CCCC(Cc3cc(C(O)C4CCCCN4C)nnc3-c3ccc(C(F)(F)F)cc3O)N2)nnc1-c1ccc(C(F)(F)F)cc1O. The minimum Gasteiger partial charge on any atom is -0.507 e. The third-order valence-corrected chi connectivity index (χ3v) is 10.2. The lowest BCUT2D eigenvalue weighted by molar-refractivity contribution is -0.138. The molecule has 0 aliphatic carbocycles. The van der Waals surface area contributed by atoms with Crippen molar-refractivity contribution in [2.45, 2.75) is 94.6 Å². The summed E-state index contributed by atoms with van der Waals surface area (Å²) in [6, 6.07) is 7.46. The molecule has 2 aromatic heterocycles. The molecule has 0 amide bonds. The van der Waals surface area contributed by atoms with Crippen molar-refractivity contribution in [1.29, 1.82) is 0 Å². The van der Waals surface area contributed by atoms with Crippen LogP contribution in [0.4, 0.5) is 26.3 Å². The Bertz CT molecular complexity index is 1940. The van der Waals surface area contributed by atoms with Gasteiger partial charge in [0.25, 0.3) is 0 Å². The predicted molar refractivity (Wildman–Crippen MR) is 181 cm³/mol. The van der Waals surface area contributed by atoms with Crippen molar-refractivity contribution < 1.29 is 46.8 Å². The number of nitrogens with one attached hydrogen (secondary N) is 1. The van der Waals surface area contributed by atoms with Gasteiger partial charge in [-0.15, -0.1) is 10.2 Å². The van der Waals surface area contributed by atoms with Crippen molar-refractivity contribution in [1.82, 2.24) is 30.6 Å². The molecule has 4 heterocycles. The van der Waals surface area contributed by atoms with Gasteiger partial charge in [-0.05, 0) is 112 Å². The number of phenols is 2. The summed E-state index contributed by atoms with van der Waals surface area (Å²) in [7, 11) is 1.92. The summed E-state index contributed by atoms with van der Waals surface area (Å²) >= 11 is 0. The average molecular weight is 747 g/mol. The van der Waals surface area contributed by atoms with Crippen LogP contribution >= 0.6 is 0 Å². The van der Waals surface area contributed by atoms with Gasteiger partial charge in [-0.2, -0.15) is 36.5 Å². The van der Waals surface area contributed by atoms with Gasteiger partial charge in [-0.3, -0.25) is 0 Å². The number of aryl methyl sites for hydroxylation is 1. The Morgan fingerprint density at radius 2 is 1.32 bits per heavy atom. The molecule has 2 saturated heterocycles. The number of halogens is 6. The van der Waals surface area contributed by atoms with E-state index in [1.807, 2.05) is 7.05 Å². The van der Waals surface area contributed by atoms with Crippen LogP contribution in [-0.4, -0.2) is 77.4 Å². The largest absolute Gasteiger partial charge is 0.507 e. The van der Waals surface area contributed by atoms with Crippen LogP contribution in [0.2, 0.25) is 0 Å².